The third kappa shape index (κ3) is 5.53. The second-order valence-corrected chi connectivity index (χ2v) is 17.0. The predicted octanol–water partition coefficient (Wildman–Crippen LogP) is 16.4. The highest BCUT2D eigenvalue weighted by Gasteiger charge is 2.46. The van der Waals surface area contributed by atoms with Crippen LogP contribution in [0, 0.1) is 0 Å². The molecule has 61 heavy (non-hydrogen) atoms. The molecule has 0 amide bonds. The fourth-order valence-electron chi connectivity index (χ4n) is 10.2. The van der Waals surface area contributed by atoms with Crippen molar-refractivity contribution in [3.05, 3.63) is 259 Å². The van der Waals surface area contributed by atoms with Gasteiger partial charge in [0.25, 0.3) is 0 Å². The van der Waals surface area contributed by atoms with E-state index in [4.69, 9.17) is 0 Å². The Morgan fingerprint density at radius 2 is 0.902 bits per heavy atom. The second kappa shape index (κ2) is 14.3. The van der Waals surface area contributed by atoms with Crippen molar-refractivity contribution in [2.45, 2.75) is 5.41 Å². The van der Waals surface area contributed by atoms with Crippen molar-refractivity contribution in [1.29, 1.82) is 0 Å². The van der Waals surface area contributed by atoms with Crippen molar-refractivity contribution in [2.24, 2.45) is 0 Å². The van der Waals surface area contributed by atoms with E-state index < -0.39 is 5.41 Å². The lowest BCUT2D eigenvalue weighted by molar-refractivity contribution is 0.768. The van der Waals surface area contributed by atoms with E-state index in [2.05, 4.69) is 241 Å². The summed E-state index contributed by atoms with van der Waals surface area (Å²) >= 11 is 1.86. The van der Waals surface area contributed by atoms with Crippen molar-refractivity contribution in [3.63, 3.8) is 0 Å². The van der Waals surface area contributed by atoms with Gasteiger partial charge >= 0.3 is 0 Å². The normalized spacial score (nSPS) is 12.7. The Balaban J connectivity index is 1.14. The minimum absolute atomic E-state index is 0.524. The largest absolute Gasteiger partial charge is 0.309 e. The SMILES string of the molecule is c1ccc(C2(c3ccccc3)c3ccccc3-c3ccc(N(c4ccccc4-c4cccc(-c5cccc6ccccc56)c4)c4cccc5sc6ccccc6c45)cc32)cc1. The van der Waals surface area contributed by atoms with Crippen LogP contribution in [-0.2, 0) is 5.41 Å². The average molecular weight is 794 g/mol. The molecule has 286 valence electrons. The van der Waals surface area contributed by atoms with E-state index in [0.29, 0.717) is 0 Å². The van der Waals surface area contributed by atoms with Crippen LogP contribution in [0.1, 0.15) is 22.3 Å². The molecule has 1 aromatic heterocycles. The number of benzene rings is 10. The maximum absolute atomic E-state index is 2.53. The van der Waals surface area contributed by atoms with Gasteiger partial charge in [0.2, 0.25) is 0 Å². The van der Waals surface area contributed by atoms with Crippen LogP contribution in [0.3, 0.4) is 0 Å². The Morgan fingerprint density at radius 1 is 0.344 bits per heavy atom. The van der Waals surface area contributed by atoms with Crippen molar-refractivity contribution in [3.8, 4) is 33.4 Å². The molecule has 0 atom stereocenters. The standard InChI is InChI=1S/C59H39NS/c1-3-22-43(23-4-1)59(44-24-5-2-6-25-44)52-31-12-9-28-49(52)50-37-36-45(39-53(50)59)60(55-33-17-35-57-58(55)51-29-11-14-34-56(51)61-57)54-32-13-10-27-48(54)42-21-15-20-41(38-42)47-30-16-19-40-18-7-8-26-46(40)47/h1-39H. The summed E-state index contributed by atoms with van der Waals surface area (Å²) in [6.45, 7) is 0. The molecule has 0 bridgehead atoms. The molecule has 1 heterocycles. The fourth-order valence-corrected chi connectivity index (χ4v) is 11.3. The molecule has 0 N–H and O–H groups in total. The van der Waals surface area contributed by atoms with Crippen LogP contribution >= 0.6 is 11.3 Å². The Kier molecular flexibility index (Phi) is 8.33. The van der Waals surface area contributed by atoms with Gasteiger partial charge in [-0.2, -0.15) is 0 Å². The van der Waals surface area contributed by atoms with Gasteiger partial charge in [-0.3, -0.25) is 0 Å². The van der Waals surface area contributed by atoms with Gasteiger partial charge in [-0.25, -0.2) is 0 Å². The van der Waals surface area contributed by atoms with E-state index in [1.807, 2.05) is 11.3 Å². The number of fused-ring (bicyclic) bond motifs is 7. The van der Waals surface area contributed by atoms with Crippen LogP contribution in [0.2, 0.25) is 0 Å². The predicted molar refractivity (Wildman–Crippen MR) is 260 cm³/mol. The lowest BCUT2D eigenvalue weighted by Gasteiger charge is -2.35. The first-order chi connectivity index (χ1) is 30.3. The summed E-state index contributed by atoms with van der Waals surface area (Å²) in [5, 5.41) is 5.04. The van der Waals surface area contributed by atoms with Gasteiger partial charge in [0.15, 0.2) is 0 Å². The number of hydrogen-bond donors (Lipinski definition) is 0. The molecular formula is C59H39NS. The first-order valence-electron chi connectivity index (χ1n) is 21.0. The molecule has 1 aliphatic rings. The topological polar surface area (TPSA) is 3.24 Å². The van der Waals surface area contributed by atoms with Crippen LogP contribution in [0.15, 0.2) is 237 Å². The number of para-hydroxylation sites is 1. The molecule has 0 saturated carbocycles. The van der Waals surface area contributed by atoms with Gasteiger partial charge in [0.1, 0.15) is 0 Å². The van der Waals surface area contributed by atoms with Gasteiger partial charge in [-0.05, 0) is 103 Å². The molecule has 0 unspecified atom stereocenters. The van der Waals surface area contributed by atoms with Crippen LogP contribution in [0.4, 0.5) is 17.1 Å². The summed E-state index contributed by atoms with van der Waals surface area (Å²) in [4.78, 5) is 2.53. The molecule has 11 aromatic rings. The van der Waals surface area contributed by atoms with Gasteiger partial charge in [0, 0.05) is 31.4 Å². The van der Waals surface area contributed by atoms with E-state index in [-0.39, 0.29) is 0 Å². The van der Waals surface area contributed by atoms with Gasteiger partial charge in [-0.15, -0.1) is 11.3 Å². The molecule has 0 radical (unpaired) electrons. The molecule has 0 fully saturated rings. The minimum Gasteiger partial charge on any atom is -0.309 e. The summed E-state index contributed by atoms with van der Waals surface area (Å²) in [7, 11) is 0. The highest BCUT2D eigenvalue weighted by molar-refractivity contribution is 7.26. The van der Waals surface area contributed by atoms with Crippen molar-refractivity contribution in [2.75, 3.05) is 4.90 Å². The molecule has 1 aliphatic carbocycles. The van der Waals surface area contributed by atoms with Crippen molar-refractivity contribution >= 4 is 59.3 Å². The third-order valence-electron chi connectivity index (χ3n) is 12.7. The average Bonchev–Trinajstić information content (AvgIpc) is 3.86. The number of thiophene rings is 1. The molecular weight excluding hydrogens is 755 g/mol. The molecule has 12 rings (SSSR count). The van der Waals surface area contributed by atoms with Gasteiger partial charge < -0.3 is 4.90 Å². The second-order valence-electron chi connectivity index (χ2n) is 16.0. The Hall–Kier alpha value is -7.52. The van der Waals surface area contributed by atoms with Gasteiger partial charge in [-0.1, -0.05) is 194 Å². The van der Waals surface area contributed by atoms with Crippen LogP contribution in [0.25, 0.3) is 64.3 Å². The maximum atomic E-state index is 2.53. The smallest absolute Gasteiger partial charge is 0.0714 e. The summed E-state index contributed by atoms with van der Waals surface area (Å²) < 4.78 is 2.56. The number of anilines is 3. The summed E-state index contributed by atoms with van der Waals surface area (Å²) in [6, 6.07) is 87.4. The molecule has 1 nitrogen and oxygen atoms in total. The Bertz CT molecular complexity index is 3390. The molecule has 10 aromatic carbocycles. The Labute approximate surface area is 360 Å². The van der Waals surface area contributed by atoms with E-state index >= 15 is 0 Å². The third-order valence-corrected chi connectivity index (χ3v) is 13.9. The van der Waals surface area contributed by atoms with Crippen LogP contribution < -0.4 is 4.90 Å². The number of hydrogen-bond acceptors (Lipinski definition) is 2. The highest BCUT2D eigenvalue weighted by Crippen LogP contribution is 2.58. The number of nitrogens with zero attached hydrogens (tertiary/aromatic N) is 1. The lowest BCUT2D eigenvalue weighted by atomic mass is 9.67. The van der Waals surface area contributed by atoms with E-state index in [1.54, 1.807) is 0 Å². The van der Waals surface area contributed by atoms with E-state index in [0.717, 1.165) is 17.1 Å². The zero-order valence-electron chi connectivity index (χ0n) is 33.4. The first kappa shape index (κ1) is 35.4. The van der Waals surface area contributed by atoms with Crippen molar-refractivity contribution < 1.29 is 0 Å². The highest BCUT2D eigenvalue weighted by atomic mass is 32.1. The Morgan fingerprint density at radius 3 is 1.72 bits per heavy atom. The molecule has 0 spiro atoms. The maximum Gasteiger partial charge on any atom is 0.0714 e. The first-order valence-corrected chi connectivity index (χ1v) is 21.8. The zero-order chi connectivity index (χ0) is 40.3. The van der Waals surface area contributed by atoms with Crippen LogP contribution in [-0.4, -0.2) is 0 Å². The van der Waals surface area contributed by atoms with Crippen LogP contribution in [0.5, 0.6) is 0 Å². The van der Waals surface area contributed by atoms with E-state index in [9.17, 15) is 0 Å². The molecule has 0 aliphatic heterocycles. The lowest BCUT2D eigenvalue weighted by Crippen LogP contribution is -2.28. The fraction of sp³-hybridized carbons (Fsp3) is 0.0169. The summed E-state index contributed by atoms with van der Waals surface area (Å²) in [5.74, 6) is 0. The zero-order valence-corrected chi connectivity index (χ0v) is 34.2. The van der Waals surface area contributed by atoms with Crippen molar-refractivity contribution in [1.82, 2.24) is 0 Å². The minimum atomic E-state index is -0.524. The van der Waals surface area contributed by atoms with E-state index in [1.165, 1.54) is 86.6 Å². The monoisotopic (exact) mass is 793 g/mol. The van der Waals surface area contributed by atoms with Gasteiger partial charge in [0.05, 0.1) is 16.8 Å². The summed E-state index contributed by atoms with van der Waals surface area (Å²) in [6.07, 6.45) is 0. The molecule has 0 saturated heterocycles. The molecule has 2 heteroatoms. The number of rotatable bonds is 7. The quantitative estimate of drug-likeness (QED) is 0.155. The summed E-state index contributed by atoms with van der Waals surface area (Å²) in [5.41, 5.74) is 15.3.